The number of non-ortho nitro benzene ring substituents is 1. The van der Waals surface area contributed by atoms with E-state index in [1.807, 2.05) is 0 Å². The van der Waals surface area contributed by atoms with Gasteiger partial charge in [0.05, 0.1) is 9.95 Å². The molecule has 0 saturated carbocycles. The summed E-state index contributed by atoms with van der Waals surface area (Å²) >= 11 is 5.77. The minimum atomic E-state index is -0.556. The fourth-order valence-electron chi connectivity index (χ4n) is 1.11. The third kappa shape index (κ3) is 3.92. The maximum Gasteiger partial charge on any atom is 0.271 e. The second-order valence-corrected chi connectivity index (χ2v) is 3.52. The second-order valence-electron chi connectivity index (χ2n) is 3.11. The highest BCUT2D eigenvalue weighted by Gasteiger charge is 2.11. The van der Waals surface area contributed by atoms with Crippen LogP contribution in [-0.4, -0.2) is 24.0 Å². The highest BCUT2D eigenvalue weighted by Crippen LogP contribution is 2.28. The Bertz CT molecular complexity index is 436. The summed E-state index contributed by atoms with van der Waals surface area (Å²) in [5, 5.41) is 13.1. The lowest BCUT2D eigenvalue weighted by Gasteiger charge is -2.07. The summed E-state index contributed by atoms with van der Waals surface area (Å²) in [6.07, 6.45) is 0. The van der Waals surface area contributed by atoms with Gasteiger partial charge in [-0.15, -0.1) is 0 Å². The Morgan fingerprint density at radius 1 is 1.59 bits per heavy atom. The fourth-order valence-corrected chi connectivity index (χ4v) is 1.34. The van der Waals surface area contributed by atoms with Gasteiger partial charge < -0.3 is 10.1 Å². The smallest absolute Gasteiger partial charge is 0.271 e. The van der Waals surface area contributed by atoms with Crippen LogP contribution in [0.15, 0.2) is 18.2 Å². The molecule has 17 heavy (non-hydrogen) atoms. The number of nitrogens with one attached hydrogen (secondary N) is 1. The molecule has 0 aliphatic heterocycles. The molecule has 92 valence electrons. The van der Waals surface area contributed by atoms with E-state index in [9.17, 15) is 14.9 Å². The van der Waals surface area contributed by atoms with Gasteiger partial charge in [-0.1, -0.05) is 11.6 Å². The van der Waals surface area contributed by atoms with Gasteiger partial charge in [0, 0.05) is 18.7 Å². The van der Waals surface area contributed by atoms with E-state index in [4.69, 9.17) is 16.3 Å². The van der Waals surface area contributed by atoms with Crippen molar-refractivity contribution in [2.24, 2.45) is 0 Å². The van der Waals surface area contributed by atoms with E-state index in [0.29, 0.717) is 6.54 Å². The highest BCUT2D eigenvalue weighted by molar-refractivity contribution is 6.32. The van der Waals surface area contributed by atoms with Crippen LogP contribution < -0.4 is 10.1 Å². The molecule has 0 aliphatic carbocycles. The van der Waals surface area contributed by atoms with E-state index in [0.717, 1.165) is 0 Å². The number of rotatable bonds is 5. The molecule has 0 unspecified atom stereocenters. The molecule has 1 amide bonds. The molecule has 0 radical (unpaired) electrons. The lowest BCUT2D eigenvalue weighted by molar-refractivity contribution is -0.384. The topological polar surface area (TPSA) is 81.5 Å². The first-order chi connectivity index (χ1) is 8.04. The first-order valence-electron chi connectivity index (χ1n) is 4.88. The number of carbonyl (C=O) groups excluding carboxylic acids is 1. The van der Waals surface area contributed by atoms with Crippen LogP contribution in [0.2, 0.25) is 5.02 Å². The van der Waals surface area contributed by atoms with Crippen LogP contribution in [0, 0.1) is 10.1 Å². The van der Waals surface area contributed by atoms with Crippen LogP contribution in [0.4, 0.5) is 5.69 Å². The van der Waals surface area contributed by atoms with E-state index in [1.165, 1.54) is 18.2 Å². The van der Waals surface area contributed by atoms with Gasteiger partial charge in [-0.2, -0.15) is 0 Å². The number of likely N-dealkylation sites (N-methyl/N-ethyl adjacent to an activating group) is 1. The van der Waals surface area contributed by atoms with E-state index < -0.39 is 4.92 Å². The maximum absolute atomic E-state index is 11.1. The van der Waals surface area contributed by atoms with Crippen LogP contribution >= 0.6 is 11.6 Å². The minimum Gasteiger partial charge on any atom is -0.482 e. The monoisotopic (exact) mass is 258 g/mol. The standard InChI is InChI=1S/C10H11ClN2O4/c1-2-12-10(14)6-17-9-4-3-7(13(15)16)5-8(9)11/h3-5H,2,6H2,1H3,(H,12,14). The summed E-state index contributed by atoms with van der Waals surface area (Å²) in [4.78, 5) is 21.0. The molecule has 1 aromatic carbocycles. The number of ether oxygens (including phenoxy) is 1. The van der Waals surface area contributed by atoms with Gasteiger partial charge >= 0.3 is 0 Å². The number of benzene rings is 1. The molecule has 0 spiro atoms. The lowest BCUT2D eigenvalue weighted by Crippen LogP contribution is -2.28. The van der Waals surface area contributed by atoms with E-state index in [2.05, 4.69) is 5.32 Å². The quantitative estimate of drug-likeness (QED) is 0.644. The molecule has 0 fully saturated rings. The molecule has 0 heterocycles. The zero-order valence-corrected chi connectivity index (χ0v) is 9.86. The van der Waals surface area contributed by atoms with Crippen molar-refractivity contribution in [2.45, 2.75) is 6.92 Å². The molecule has 0 saturated heterocycles. The fraction of sp³-hybridized carbons (Fsp3) is 0.300. The Morgan fingerprint density at radius 3 is 2.82 bits per heavy atom. The molecule has 0 aliphatic rings. The molecule has 0 aromatic heterocycles. The average molecular weight is 259 g/mol. The van der Waals surface area contributed by atoms with Crippen molar-refractivity contribution in [3.05, 3.63) is 33.3 Å². The van der Waals surface area contributed by atoms with Crippen molar-refractivity contribution < 1.29 is 14.5 Å². The van der Waals surface area contributed by atoms with E-state index >= 15 is 0 Å². The third-order valence-electron chi connectivity index (χ3n) is 1.86. The lowest BCUT2D eigenvalue weighted by atomic mass is 10.3. The normalized spacial score (nSPS) is 9.76. The molecule has 0 atom stereocenters. The minimum absolute atomic E-state index is 0.100. The van der Waals surface area contributed by atoms with Crippen molar-refractivity contribution in [1.29, 1.82) is 0 Å². The number of nitro groups is 1. The summed E-state index contributed by atoms with van der Waals surface area (Å²) in [5.41, 5.74) is -0.125. The van der Waals surface area contributed by atoms with Gasteiger partial charge in [0.15, 0.2) is 6.61 Å². The van der Waals surface area contributed by atoms with Gasteiger partial charge in [-0.25, -0.2) is 0 Å². The molecule has 7 heteroatoms. The van der Waals surface area contributed by atoms with Crippen molar-refractivity contribution >= 4 is 23.2 Å². The Morgan fingerprint density at radius 2 is 2.29 bits per heavy atom. The molecule has 1 rings (SSSR count). The Labute approximate surface area is 103 Å². The van der Waals surface area contributed by atoms with Crippen molar-refractivity contribution in [3.8, 4) is 5.75 Å². The number of nitrogens with zero attached hydrogens (tertiary/aromatic N) is 1. The Kier molecular flexibility index (Phi) is 4.71. The summed E-state index contributed by atoms with van der Waals surface area (Å²) < 4.78 is 5.12. The van der Waals surface area contributed by atoms with Crippen molar-refractivity contribution in [3.63, 3.8) is 0 Å². The van der Waals surface area contributed by atoms with Gasteiger partial charge in [-0.3, -0.25) is 14.9 Å². The van der Waals surface area contributed by atoms with Gasteiger partial charge in [0.1, 0.15) is 5.75 Å². The predicted octanol–water partition coefficient (Wildman–Crippen LogP) is 1.76. The highest BCUT2D eigenvalue weighted by atomic mass is 35.5. The Balaban J connectivity index is 2.66. The Hall–Kier alpha value is -1.82. The number of hydrogen-bond donors (Lipinski definition) is 1. The predicted molar refractivity (Wildman–Crippen MR) is 62.3 cm³/mol. The van der Waals surface area contributed by atoms with E-state index in [1.54, 1.807) is 6.92 Å². The van der Waals surface area contributed by atoms with E-state index in [-0.39, 0.29) is 29.0 Å². The van der Waals surface area contributed by atoms with Gasteiger partial charge in [0.25, 0.3) is 11.6 Å². The molecule has 0 bridgehead atoms. The second kappa shape index (κ2) is 6.05. The first kappa shape index (κ1) is 13.2. The zero-order chi connectivity index (χ0) is 12.8. The van der Waals surface area contributed by atoms with Crippen LogP contribution in [-0.2, 0) is 4.79 Å². The number of carbonyl (C=O) groups is 1. The van der Waals surface area contributed by atoms with Crippen LogP contribution in [0.5, 0.6) is 5.75 Å². The molecular weight excluding hydrogens is 248 g/mol. The molecule has 1 aromatic rings. The van der Waals surface area contributed by atoms with Crippen LogP contribution in [0.1, 0.15) is 6.92 Å². The van der Waals surface area contributed by atoms with Gasteiger partial charge in [0.2, 0.25) is 0 Å². The zero-order valence-electron chi connectivity index (χ0n) is 9.10. The van der Waals surface area contributed by atoms with Crippen LogP contribution in [0.3, 0.4) is 0 Å². The summed E-state index contributed by atoms with van der Waals surface area (Å²) in [6, 6.07) is 3.80. The number of nitro benzene ring substituents is 1. The summed E-state index contributed by atoms with van der Waals surface area (Å²) in [6.45, 7) is 2.12. The van der Waals surface area contributed by atoms with Crippen molar-refractivity contribution in [2.75, 3.05) is 13.2 Å². The largest absolute Gasteiger partial charge is 0.482 e. The SMILES string of the molecule is CCNC(=O)COc1ccc([N+](=O)[O-])cc1Cl. The third-order valence-corrected chi connectivity index (χ3v) is 2.15. The average Bonchev–Trinajstić information content (AvgIpc) is 2.27. The summed E-state index contributed by atoms with van der Waals surface area (Å²) in [5.74, 6) is -0.0366. The summed E-state index contributed by atoms with van der Waals surface area (Å²) in [7, 11) is 0. The molecule has 1 N–H and O–H groups in total. The number of amides is 1. The van der Waals surface area contributed by atoms with Gasteiger partial charge in [-0.05, 0) is 13.0 Å². The maximum atomic E-state index is 11.1. The number of halogens is 1. The first-order valence-corrected chi connectivity index (χ1v) is 5.25. The number of hydrogen-bond acceptors (Lipinski definition) is 4. The molecular formula is C10H11ClN2O4. The molecule has 6 nitrogen and oxygen atoms in total. The van der Waals surface area contributed by atoms with Crippen molar-refractivity contribution in [1.82, 2.24) is 5.32 Å². The van der Waals surface area contributed by atoms with Crippen LogP contribution in [0.25, 0.3) is 0 Å².